The second-order valence-corrected chi connectivity index (χ2v) is 7.26. The molecule has 2 aromatic carbocycles. The number of hydrogen-bond donors (Lipinski definition) is 1. The van der Waals surface area contributed by atoms with Crippen LogP contribution in [-0.2, 0) is 27.3 Å². The summed E-state index contributed by atoms with van der Waals surface area (Å²) < 4.78 is 53.7. The number of oxime groups is 2. The van der Waals surface area contributed by atoms with E-state index in [1.807, 2.05) is 0 Å². The van der Waals surface area contributed by atoms with E-state index in [1.165, 1.54) is 21.1 Å². The first-order chi connectivity index (χ1) is 15.0. The van der Waals surface area contributed by atoms with Crippen LogP contribution in [0.15, 0.2) is 40.6 Å². The number of hydrogen-bond acceptors (Lipinski definition) is 5. The summed E-state index contributed by atoms with van der Waals surface area (Å²) in [5, 5.41) is 10.2. The molecule has 32 heavy (non-hydrogen) atoms. The Morgan fingerprint density at radius 1 is 1.19 bits per heavy atom. The van der Waals surface area contributed by atoms with Gasteiger partial charge in [-0.05, 0) is 30.8 Å². The molecule has 11 heteroatoms. The van der Waals surface area contributed by atoms with E-state index in [1.54, 1.807) is 25.1 Å². The van der Waals surface area contributed by atoms with E-state index >= 15 is 0 Å². The molecule has 0 aromatic heterocycles. The van der Waals surface area contributed by atoms with Crippen LogP contribution in [0.2, 0.25) is 0 Å². The van der Waals surface area contributed by atoms with Crippen LogP contribution in [0.4, 0.5) is 17.6 Å². The number of benzene rings is 2. The molecule has 1 amide bonds. The van der Waals surface area contributed by atoms with Crippen LogP contribution in [-0.4, -0.2) is 31.5 Å². The standard InChI is InChI=1S/C21H22F4N3O3P/c1-11-6-5-7-13(19(28-30-4)20(29)26-3)14(11)10-31-27-12(2)17-16(32)9-8-15(18(17)22)21(23,24)25/h5-9H,10,32H2,1-4H3,(H,26,29)/b27-12+,28-19+. The van der Waals surface area contributed by atoms with E-state index < -0.39 is 23.5 Å². The van der Waals surface area contributed by atoms with Crippen molar-refractivity contribution < 1.29 is 32.0 Å². The van der Waals surface area contributed by atoms with Crippen LogP contribution in [0.1, 0.15) is 34.7 Å². The average molecular weight is 471 g/mol. The molecule has 6 nitrogen and oxygen atoms in total. The Labute approximate surface area is 184 Å². The Morgan fingerprint density at radius 2 is 1.88 bits per heavy atom. The van der Waals surface area contributed by atoms with Crippen molar-refractivity contribution in [1.29, 1.82) is 0 Å². The molecule has 1 atom stereocenters. The number of amides is 1. The molecule has 2 aromatic rings. The summed E-state index contributed by atoms with van der Waals surface area (Å²) in [6.07, 6.45) is -4.84. The summed E-state index contributed by atoms with van der Waals surface area (Å²) in [5.41, 5.74) is -0.0441. The first kappa shape index (κ1) is 25.3. The lowest BCUT2D eigenvalue weighted by molar-refractivity contribution is -0.140. The van der Waals surface area contributed by atoms with Gasteiger partial charge >= 0.3 is 6.18 Å². The van der Waals surface area contributed by atoms with Gasteiger partial charge in [0.05, 0.1) is 11.3 Å². The topological polar surface area (TPSA) is 72.3 Å². The van der Waals surface area contributed by atoms with E-state index in [2.05, 4.69) is 24.9 Å². The van der Waals surface area contributed by atoms with E-state index in [4.69, 9.17) is 9.68 Å². The minimum atomic E-state index is -4.84. The van der Waals surface area contributed by atoms with Crippen LogP contribution in [0.5, 0.6) is 0 Å². The van der Waals surface area contributed by atoms with Crippen molar-refractivity contribution in [1.82, 2.24) is 5.32 Å². The summed E-state index contributed by atoms with van der Waals surface area (Å²) in [6, 6.07) is 6.95. The quantitative estimate of drug-likeness (QED) is 0.290. The molecule has 0 aliphatic carbocycles. The van der Waals surface area contributed by atoms with Crippen molar-refractivity contribution in [3.05, 3.63) is 64.0 Å². The van der Waals surface area contributed by atoms with Crippen molar-refractivity contribution in [2.24, 2.45) is 10.3 Å². The number of alkyl halides is 3. The van der Waals surface area contributed by atoms with Crippen LogP contribution < -0.4 is 10.6 Å². The number of nitrogens with zero attached hydrogens (tertiary/aromatic N) is 2. The van der Waals surface area contributed by atoms with E-state index in [0.29, 0.717) is 17.2 Å². The minimum Gasteiger partial charge on any atom is -0.398 e. The second kappa shape index (κ2) is 10.5. The number of carbonyl (C=O) groups is 1. The number of carbonyl (C=O) groups excluding carboxylic acids is 1. The third-order valence-corrected chi connectivity index (χ3v) is 5.02. The molecule has 0 bridgehead atoms. The molecule has 0 radical (unpaired) electrons. The van der Waals surface area contributed by atoms with Gasteiger partial charge in [-0.2, -0.15) is 13.2 Å². The summed E-state index contributed by atoms with van der Waals surface area (Å²) in [7, 11) is 4.92. The van der Waals surface area contributed by atoms with Gasteiger partial charge in [0, 0.05) is 23.7 Å². The van der Waals surface area contributed by atoms with E-state index in [9.17, 15) is 22.4 Å². The Kier molecular flexibility index (Phi) is 8.32. The Bertz CT molecular complexity index is 1070. The Morgan fingerprint density at radius 3 is 2.47 bits per heavy atom. The summed E-state index contributed by atoms with van der Waals surface area (Å²) in [4.78, 5) is 22.3. The zero-order valence-corrected chi connectivity index (χ0v) is 19.0. The zero-order valence-electron chi connectivity index (χ0n) is 17.8. The highest BCUT2D eigenvalue weighted by molar-refractivity contribution is 7.27. The lowest BCUT2D eigenvalue weighted by Crippen LogP contribution is -2.29. The van der Waals surface area contributed by atoms with Crippen molar-refractivity contribution in [3.63, 3.8) is 0 Å². The van der Waals surface area contributed by atoms with Gasteiger partial charge in [0.2, 0.25) is 0 Å². The predicted octanol–water partition coefficient (Wildman–Crippen LogP) is 3.69. The highest BCUT2D eigenvalue weighted by Gasteiger charge is 2.35. The third kappa shape index (κ3) is 5.62. The molecule has 1 unspecified atom stereocenters. The van der Waals surface area contributed by atoms with Crippen molar-refractivity contribution in [2.75, 3.05) is 14.2 Å². The van der Waals surface area contributed by atoms with Crippen LogP contribution in [0.3, 0.4) is 0 Å². The molecule has 1 N–H and O–H groups in total. The first-order valence-electron chi connectivity index (χ1n) is 9.27. The molecule has 0 aliphatic rings. The molecule has 0 saturated carbocycles. The van der Waals surface area contributed by atoms with Crippen LogP contribution in [0.25, 0.3) is 0 Å². The van der Waals surface area contributed by atoms with Gasteiger partial charge in [-0.3, -0.25) is 4.79 Å². The average Bonchev–Trinajstić information content (AvgIpc) is 2.71. The Hall–Kier alpha value is -3.00. The maximum absolute atomic E-state index is 14.5. The highest BCUT2D eigenvalue weighted by atomic mass is 31.0. The number of halogens is 4. The normalized spacial score (nSPS) is 12.5. The molecule has 2 rings (SSSR count). The van der Waals surface area contributed by atoms with Crippen molar-refractivity contribution in [3.8, 4) is 0 Å². The number of rotatable bonds is 7. The number of likely N-dealkylation sites (N-methyl/N-ethyl adjacent to an activating group) is 1. The fourth-order valence-corrected chi connectivity index (χ4v) is 3.39. The second-order valence-electron chi connectivity index (χ2n) is 6.64. The molecular weight excluding hydrogens is 449 g/mol. The van der Waals surface area contributed by atoms with E-state index in [0.717, 1.165) is 11.6 Å². The van der Waals surface area contributed by atoms with Crippen LogP contribution in [0, 0.1) is 12.7 Å². The summed E-state index contributed by atoms with van der Waals surface area (Å²) in [6.45, 7) is 2.97. The molecule has 0 saturated heterocycles. The van der Waals surface area contributed by atoms with Gasteiger partial charge in [-0.1, -0.05) is 34.6 Å². The van der Waals surface area contributed by atoms with Gasteiger partial charge in [-0.15, -0.1) is 9.24 Å². The predicted molar refractivity (Wildman–Crippen MR) is 117 cm³/mol. The molecule has 172 valence electrons. The lowest BCUT2D eigenvalue weighted by atomic mass is 9.98. The van der Waals surface area contributed by atoms with Crippen LogP contribution >= 0.6 is 9.24 Å². The number of aryl methyl sites for hydroxylation is 1. The molecule has 0 spiro atoms. The third-order valence-electron chi connectivity index (χ3n) is 4.54. The van der Waals surface area contributed by atoms with Gasteiger partial charge in [0.15, 0.2) is 5.71 Å². The van der Waals surface area contributed by atoms with Gasteiger partial charge in [0.25, 0.3) is 5.91 Å². The largest absolute Gasteiger partial charge is 0.419 e. The lowest BCUT2D eigenvalue weighted by Gasteiger charge is -2.14. The van der Waals surface area contributed by atoms with Gasteiger partial charge in [-0.25, -0.2) is 4.39 Å². The highest BCUT2D eigenvalue weighted by Crippen LogP contribution is 2.32. The molecule has 0 heterocycles. The SMILES string of the molecule is CNC(=O)/C(=N/OC)c1cccc(C)c1CO/N=C(\C)c1c(P)ccc(C(F)(F)F)c1F. The maximum Gasteiger partial charge on any atom is 0.419 e. The first-order valence-corrected chi connectivity index (χ1v) is 9.84. The molecule has 0 fully saturated rings. The van der Waals surface area contributed by atoms with Crippen molar-refractivity contribution in [2.45, 2.75) is 26.6 Å². The Balaban J connectivity index is 2.39. The van der Waals surface area contributed by atoms with Crippen molar-refractivity contribution >= 4 is 31.9 Å². The monoisotopic (exact) mass is 471 g/mol. The zero-order chi connectivity index (χ0) is 24.1. The minimum absolute atomic E-state index is 0.00849. The molecule has 0 aliphatic heterocycles. The fourth-order valence-electron chi connectivity index (χ4n) is 2.96. The van der Waals surface area contributed by atoms with E-state index in [-0.39, 0.29) is 28.9 Å². The fraction of sp³-hybridized carbons (Fsp3) is 0.286. The smallest absolute Gasteiger partial charge is 0.398 e. The summed E-state index contributed by atoms with van der Waals surface area (Å²) in [5.74, 6) is -1.92. The molecular formula is C21H22F4N3O3P. The summed E-state index contributed by atoms with van der Waals surface area (Å²) >= 11 is 0. The maximum atomic E-state index is 14.5. The van der Waals surface area contributed by atoms with Gasteiger partial charge < -0.3 is 15.0 Å². The number of nitrogens with one attached hydrogen (secondary N) is 1. The van der Waals surface area contributed by atoms with Gasteiger partial charge in [0.1, 0.15) is 19.5 Å².